The van der Waals surface area contributed by atoms with Crippen molar-refractivity contribution in [1.29, 1.82) is 0 Å². The molecule has 0 aliphatic heterocycles. The summed E-state index contributed by atoms with van der Waals surface area (Å²) in [4.78, 5) is 10.8. The molecule has 0 unspecified atom stereocenters. The van der Waals surface area contributed by atoms with Gasteiger partial charge in [0.2, 0.25) is 0 Å². The maximum absolute atomic E-state index is 10.8. The molecule has 0 saturated heterocycles. The number of hydrogen-bond acceptors (Lipinski definition) is 2. The number of hydrogen-bond donors (Lipinski definition) is 1. The summed E-state index contributed by atoms with van der Waals surface area (Å²) in [5.74, 6) is 0.180. The van der Waals surface area contributed by atoms with Gasteiger partial charge in [-0.25, -0.2) is 0 Å². The first-order valence-electron chi connectivity index (χ1n) is 5.69. The van der Waals surface area contributed by atoms with E-state index in [1.54, 1.807) is 6.92 Å². The van der Waals surface area contributed by atoms with Gasteiger partial charge in [0.1, 0.15) is 5.78 Å². The Bertz CT molecular complexity index is 352. The molecule has 2 nitrogen and oxygen atoms in total. The van der Waals surface area contributed by atoms with Crippen molar-refractivity contribution in [2.24, 2.45) is 0 Å². The maximum atomic E-state index is 10.8. The van der Waals surface area contributed by atoms with Crippen LogP contribution in [-0.2, 0) is 10.2 Å². The normalized spacial score (nSPS) is 11.5. The predicted octanol–water partition coefficient (Wildman–Crippen LogP) is 2.45. The molecule has 0 aliphatic rings. The molecule has 0 spiro atoms. The fourth-order valence-electron chi connectivity index (χ4n) is 1.66. The van der Waals surface area contributed by atoms with E-state index in [0.29, 0.717) is 6.54 Å². The lowest BCUT2D eigenvalue weighted by Gasteiger charge is -2.25. The van der Waals surface area contributed by atoms with Crippen molar-refractivity contribution in [3.63, 3.8) is 0 Å². The number of Topliss-reactive ketones (excluding diaryl/α,β-unsaturated/α-hetero) is 1. The number of carbonyl (C=O) groups excluding carboxylic acids is 1. The van der Waals surface area contributed by atoms with Gasteiger partial charge < -0.3 is 5.32 Å². The third kappa shape index (κ3) is 3.78. The van der Waals surface area contributed by atoms with Crippen LogP contribution in [0.2, 0.25) is 0 Å². The molecule has 0 fully saturated rings. The number of aryl methyl sites for hydroxylation is 1. The minimum Gasteiger partial charge on any atom is -0.309 e. The number of rotatable bonds is 5. The van der Waals surface area contributed by atoms with E-state index < -0.39 is 0 Å². The largest absolute Gasteiger partial charge is 0.309 e. The fourth-order valence-corrected chi connectivity index (χ4v) is 1.66. The Hall–Kier alpha value is -1.15. The van der Waals surface area contributed by atoms with Gasteiger partial charge in [0, 0.05) is 12.0 Å². The number of benzene rings is 1. The highest BCUT2D eigenvalue weighted by Gasteiger charge is 2.19. The van der Waals surface area contributed by atoms with Crippen molar-refractivity contribution in [3.8, 4) is 0 Å². The molecule has 1 rings (SSSR count). The summed E-state index contributed by atoms with van der Waals surface area (Å²) in [6.45, 7) is 9.33. The van der Waals surface area contributed by atoms with E-state index >= 15 is 0 Å². The Kier molecular flexibility index (Phi) is 4.25. The second-order valence-corrected chi connectivity index (χ2v) is 5.06. The highest BCUT2D eigenvalue weighted by Crippen LogP contribution is 2.22. The third-order valence-electron chi connectivity index (χ3n) is 2.77. The highest BCUT2D eigenvalue weighted by molar-refractivity contribution is 5.77. The molecule has 0 aliphatic carbocycles. The average molecular weight is 219 g/mol. The Morgan fingerprint density at radius 1 is 1.25 bits per heavy atom. The van der Waals surface area contributed by atoms with Gasteiger partial charge in [0.05, 0.1) is 6.54 Å². The Morgan fingerprint density at radius 2 is 1.81 bits per heavy atom. The van der Waals surface area contributed by atoms with Crippen molar-refractivity contribution in [1.82, 2.24) is 5.32 Å². The zero-order valence-electron chi connectivity index (χ0n) is 10.6. The van der Waals surface area contributed by atoms with Crippen molar-refractivity contribution in [2.75, 3.05) is 13.1 Å². The fraction of sp³-hybridized carbons (Fsp3) is 0.500. The minimum atomic E-state index is 0.0587. The molecule has 1 aromatic carbocycles. The third-order valence-corrected chi connectivity index (χ3v) is 2.77. The standard InChI is InChI=1S/C14H21NO/c1-11-5-7-13(8-6-11)14(3,4)10-15-9-12(2)16/h5-8,15H,9-10H2,1-4H3. The van der Waals surface area contributed by atoms with Crippen LogP contribution in [0.4, 0.5) is 0 Å². The lowest BCUT2D eigenvalue weighted by atomic mass is 9.84. The Labute approximate surface area is 98.1 Å². The van der Waals surface area contributed by atoms with Crippen molar-refractivity contribution in [2.45, 2.75) is 33.1 Å². The Morgan fingerprint density at radius 3 is 2.31 bits per heavy atom. The first kappa shape index (κ1) is 12.9. The summed E-state index contributed by atoms with van der Waals surface area (Å²) in [5, 5.41) is 3.19. The zero-order valence-corrected chi connectivity index (χ0v) is 10.6. The van der Waals surface area contributed by atoms with Crippen LogP contribution in [0.1, 0.15) is 31.9 Å². The van der Waals surface area contributed by atoms with E-state index in [1.165, 1.54) is 11.1 Å². The summed E-state index contributed by atoms with van der Waals surface area (Å²) in [6.07, 6.45) is 0. The number of ketones is 1. The average Bonchev–Trinajstić information content (AvgIpc) is 2.17. The van der Waals surface area contributed by atoms with Gasteiger partial charge in [-0.05, 0) is 19.4 Å². The minimum absolute atomic E-state index is 0.0587. The van der Waals surface area contributed by atoms with Gasteiger partial charge in [-0.2, -0.15) is 0 Å². The summed E-state index contributed by atoms with van der Waals surface area (Å²) in [5.41, 5.74) is 2.63. The molecular weight excluding hydrogens is 198 g/mol. The van der Waals surface area contributed by atoms with E-state index in [2.05, 4.69) is 50.4 Å². The first-order valence-corrected chi connectivity index (χ1v) is 5.69. The molecular formula is C14H21NO. The highest BCUT2D eigenvalue weighted by atomic mass is 16.1. The summed E-state index contributed by atoms with van der Waals surface area (Å²) in [7, 11) is 0. The van der Waals surface area contributed by atoms with Gasteiger partial charge >= 0.3 is 0 Å². The van der Waals surface area contributed by atoms with Gasteiger partial charge in [-0.1, -0.05) is 43.7 Å². The molecule has 0 radical (unpaired) electrons. The Balaban J connectivity index is 2.62. The molecule has 1 aromatic rings. The van der Waals surface area contributed by atoms with Crippen LogP contribution < -0.4 is 5.32 Å². The predicted molar refractivity (Wildman–Crippen MR) is 67.8 cm³/mol. The van der Waals surface area contributed by atoms with Crippen LogP contribution in [0.3, 0.4) is 0 Å². The van der Waals surface area contributed by atoms with Crippen molar-refractivity contribution in [3.05, 3.63) is 35.4 Å². The van der Waals surface area contributed by atoms with Gasteiger partial charge in [-0.15, -0.1) is 0 Å². The lowest BCUT2D eigenvalue weighted by Crippen LogP contribution is -2.35. The molecule has 2 heteroatoms. The summed E-state index contributed by atoms with van der Waals surface area (Å²) < 4.78 is 0. The number of nitrogens with one attached hydrogen (secondary N) is 1. The van der Waals surface area contributed by atoms with Crippen LogP contribution >= 0.6 is 0 Å². The SMILES string of the molecule is CC(=O)CNCC(C)(C)c1ccc(C)cc1. The second kappa shape index (κ2) is 5.26. The van der Waals surface area contributed by atoms with Gasteiger partial charge in [-0.3, -0.25) is 4.79 Å². The van der Waals surface area contributed by atoms with E-state index in [4.69, 9.17) is 0 Å². The van der Waals surface area contributed by atoms with Crippen LogP contribution in [0.15, 0.2) is 24.3 Å². The molecule has 0 aromatic heterocycles. The quantitative estimate of drug-likeness (QED) is 0.824. The van der Waals surface area contributed by atoms with E-state index in [1.807, 2.05) is 0 Å². The zero-order chi connectivity index (χ0) is 12.2. The van der Waals surface area contributed by atoms with E-state index in [0.717, 1.165) is 6.54 Å². The molecule has 1 N–H and O–H groups in total. The number of carbonyl (C=O) groups is 1. The van der Waals surface area contributed by atoms with Crippen LogP contribution in [0.25, 0.3) is 0 Å². The smallest absolute Gasteiger partial charge is 0.143 e. The van der Waals surface area contributed by atoms with Crippen LogP contribution in [0.5, 0.6) is 0 Å². The second-order valence-electron chi connectivity index (χ2n) is 5.06. The molecule has 0 amide bonds. The molecule has 0 bridgehead atoms. The van der Waals surface area contributed by atoms with Gasteiger partial charge in [0.25, 0.3) is 0 Å². The monoisotopic (exact) mass is 219 g/mol. The topological polar surface area (TPSA) is 29.1 Å². The molecule has 16 heavy (non-hydrogen) atoms. The van der Waals surface area contributed by atoms with Crippen molar-refractivity contribution >= 4 is 5.78 Å². The molecule has 0 saturated carbocycles. The molecule has 0 heterocycles. The maximum Gasteiger partial charge on any atom is 0.143 e. The van der Waals surface area contributed by atoms with Crippen LogP contribution in [0, 0.1) is 6.92 Å². The van der Waals surface area contributed by atoms with Crippen molar-refractivity contribution < 1.29 is 4.79 Å². The van der Waals surface area contributed by atoms with Gasteiger partial charge in [0.15, 0.2) is 0 Å². The molecule has 0 atom stereocenters. The first-order chi connectivity index (χ1) is 7.42. The molecule has 88 valence electrons. The summed E-state index contributed by atoms with van der Waals surface area (Å²) in [6, 6.07) is 8.57. The lowest BCUT2D eigenvalue weighted by molar-refractivity contribution is -0.116. The van der Waals surface area contributed by atoms with Crippen LogP contribution in [-0.4, -0.2) is 18.9 Å². The van der Waals surface area contributed by atoms with E-state index in [-0.39, 0.29) is 11.2 Å². The van der Waals surface area contributed by atoms with E-state index in [9.17, 15) is 4.79 Å². The summed E-state index contributed by atoms with van der Waals surface area (Å²) >= 11 is 0.